The van der Waals surface area contributed by atoms with Crippen LogP contribution in [0.4, 0.5) is 0 Å². The maximum atomic E-state index is 13.0. The molecule has 15 nitrogen and oxygen atoms in total. The smallest absolute Gasteiger partial charge is 0.328 e. The van der Waals surface area contributed by atoms with Crippen LogP contribution in [0.15, 0.2) is 4.99 Å². The minimum absolute atomic E-state index is 0.0578. The van der Waals surface area contributed by atoms with Gasteiger partial charge in [0.2, 0.25) is 17.7 Å². The molecule has 0 saturated heterocycles. The molecule has 0 fully saturated rings. The quantitative estimate of drug-likeness (QED) is 0.0479. The Hall–Kier alpha value is -3.11. The molecule has 3 amide bonds. The third-order valence-corrected chi connectivity index (χ3v) is 5.52. The second-order valence-corrected chi connectivity index (χ2v) is 8.94. The van der Waals surface area contributed by atoms with E-state index in [4.69, 9.17) is 22.3 Å². The number of amides is 3. The lowest BCUT2D eigenvalue weighted by Crippen LogP contribution is -2.58. The minimum atomic E-state index is -1.59. The van der Waals surface area contributed by atoms with Crippen molar-refractivity contribution < 1.29 is 39.3 Å². The molecule has 0 aromatic carbocycles. The molecule has 0 heterocycles. The number of carbonyl (C=O) groups excluding carboxylic acids is 3. The summed E-state index contributed by atoms with van der Waals surface area (Å²) in [6.07, 6.45) is 0.348. The van der Waals surface area contributed by atoms with Crippen LogP contribution in [0.5, 0.6) is 0 Å². The van der Waals surface area contributed by atoms with Crippen LogP contribution in [0.1, 0.15) is 39.0 Å². The van der Waals surface area contributed by atoms with E-state index in [1.807, 2.05) is 0 Å². The van der Waals surface area contributed by atoms with Crippen LogP contribution in [-0.2, 0) is 24.0 Å². The van der Waals surface area contributed by atoms with Crippen molar-refractivity contribution in [3.63, 3.8) is 0 Å². The van der Waals surface area contributed by atoms with Gasteiger partial charge in [-0.3, -0.25) is 24.2 Å². The van der Waals surface area contributed by atoms with Crippen LogP contribution in [0.25, 0.3) is 0 Å². The monoisotopic (exact) mass is 535 g/mol. The number of aliphatic hydroxyl groups is 1. The number of carbonyl (C=O) groups is 5. The second kappa shape index (κ2) is 17.3. The van der Waals surface area contributed by atoms with Crippen LogP contribution in [-0.4, -0.2) is 99.8 Å². The number of nitrogens with zero attached hydrogens (tertiary/aromatic N) is 1. The Kier molecular flexibility index (Phi) is 15.8. The number of nitrogens with one attached hydrogen (secondary N) is 3. The molecule has 0 spiro atoms. The number of aliphatic imine (C=N–C) groups is 1. The number of aliphatic hydroxyl groups excluding tert-OH is 1. The van der Waals surface area contributed by atoms with E-state index in [1.54, 1.807) is 6.26 Å². The largest absolute Gasteiger partial charge is 0.481 e. The van der Waals surface area contributed by atoms with Crippen molar-refractivity contribution in [1.82, 2.24) is 16.0 Å². The van der Waals surface area contributed by atoms with Gasteiger partial charge in [-0.05, 0) is 44.6 Å². The zero-order valence-corrected chi connectivity index (χ0v) is 21.1. The Morgan fingerprint density at radius 2 is 1.47 bits per heavy atom. The molecule has 36 heavy (non-hydrogen) atoms. The first kappa shape index (κ1) is 32.9. The summed E-state index contributed by atoms with van der Waals surface area (Å²) < 4.78 is 0. The fraction of sp³-hybridized carbons (Fsp3) is 0.700. The van der Waals surface area contributed by atoms with Gasteiger partial charge >= 0.3 is 11.9 Å². The summed E-state index contributed by atoms with van der Waals surface area (Å²) in [7, 11) is 0. The van der Waals surface area contributed by atoms with Gasteiger partial charge in [-0.2, -0.15) is 11.8 Å². The van der Waals surface area contributed by atoms with Crippen LogP contribution < -0.4 is 33.2 Å². The number of carboxylic acids is 2. The molecule has 0 aliphatic carbocycles. The Morgan fingerprint density at radius 3 is 1.97 bits per heavy atom. The highest BCUT2D eigenvalue weighted by atomic mass is 32.2. The van der Waals surface area contributed by atoms with Crippen molar-refractivity contribution >= 4 is 47.4 Å². The maximum absolute atomic E-state index is 13.0. The fourth-order valence-electron chi connectivity index (χ4n) is 2.88. The molecule has 0 bridgehead atoms. The predicted molar refractivity (Wildman–Crippen MR) is 133 cm³/mol. The van der Waals surface area contributed by atoms with E-state index in [0.29, 0.717) is 5.75 Å². The molecular formula is C20H37N7O8S. The minimum Gasteiger partial charge on any atom is -0.481 e. The van der Waals surface area contributed by atoms with Crippen molar-refractivity contribution in [3.05, 3.63) is 0 Å². The van der Waals surface area contributed by atoms with Gasteiger partial charge < -0.3 is 48.5 Å². The lowest BCUT2D eigenvalue weighted by Gasteiger charge is -2.25. The van der Waals surface area contributed by atoms with Crippen molar-refractivity contribution in [3.8, 4) is 0 Å². The zero-order chi connectivity index (χ0) is 27.8. The Bertz CT molecular complexity index is 792. The Morgan fingerprint density at radius 1 is 0.917 bits per heavy atom. The summed E-state index contributed by atoms with van der Waals surface area (Å²) >= 11 is 1.39. The molecule has 0 saturated carbocycles. The summed E-state index contributed by atoms with van der Waals surface area (Å²) in [6.45, 7) is 1.35. The van der Waals surface area contributed by atoms with E-state index >= 15 is 0 Å². The van der Waals surface area contributed by atoms with Crippen LogP contribution in [0.2, 0.25) is 0 Å². The van der Waals surface area contributed by atoms with Crippen molar-refractivity contribution in [2.45, 2.75) is 69.3 Å². The van der Waals surface area contributed by atoms with E-state index in [2.05, 4.69) is 20.9 Å². The van der Waals surface area contributed by atoms with E-state index in [9.17, 15) is 34.2 Å². The highest BCUT2D eigenvalue weighted by Gasteiger charge is 2.31. The molecule has 12 N–H and O–H groups in total. The first-order valence-corrected chi connectivity index (χ1v) is 12.5. The molecule has 0 aliphatic rings. The van der Waals surface area contributed by atoms with E-state index < -0.39 is 59.9 Å². The number of aliphatic carboxylic acids is 2. The third-order valence-electron chi connectivity index (χ3n) is 4.87. The topological polar surface area (TPSA) is 273 Å². The normalized spacial score (nSPS) is 14.9. The molecule has 206 valence electrons. The lowest BCUT2D eigenvalue weighted by molar-refractivity contribution is -0.145. The van der Waals surface area contributed by atoms with Gasteiger partial charge in [-0.1, -0.05) is 0 Å². The van der Waals surface area contributed by atoms with Gasteiger partial charge in [-0.15, -0.1) is 0 Å². The highest BCUT2D eigenvalue weighted by Crippen LogP contribution is 2.06. The summed E-state index contributed by atoms with van der Waals surface area (Å²) in [5, 5.41) is 34.8. The highest BCUT2D eigenvalue weighted by molar-refractivity contribution is 7.98. The average molecular weight is 536 g/mol. The van der Waals surface area contributed by atoms with Crippen LogP contribution >= 0.6 is 11.8 Å². The molecule has 5 unspecified atom stereocenters. The Labute approximate surface area is 213 Å². The van der Waals surface area contributed by atoms with Gasteiger partial charge in [0.1, 0.15) is 12.1 Å². The number of hydrogen-bond acceptors (Lipinski definition) is 9. The lowest BCUT2D eigenvalue weighted by atomic mass is 10.1. The first-order valence-electron chi connectivity index (χ1n) is 11.1. The number of guanidine groups is 1. The van der Waals surface area contributed by atoms with Crippen molar-refractivity contribution in [2.75, 3.05) is 18.6 Å². The molecule has 16 heteroatoms. The summed E-state index contributed by atoms with van der Waals surface area (Å²) in [5.41, 5.74) is 16.3. The Balaban J connectivity index is 5.56. The van der Waals surface area contributed by atoms with Gasteiger partial charge in [-0.25, -0.2) is 4.79 Å². The predicted octanol–water partition coefficient (Wildman–Crippen LogP) is -3.09. The van der Waals surface area contributed by atoms with E-state index in [1.165, 1.54) is 18.7 Å². The molecule has 0 radical (unpaired) electrons. The second-order valence-electron chi connectivity index (χ2n) is 7.96. The number of nitrogens with two attached hydrogens (primary N) is 3. The van der Waals surface area contributed by atoms with Gasteiger partial charge in [0, 0.05) is 13.0 Å². The standard InChI is InChI=1S/C20H37N7O8S/c1-10(28)15(19(34)35)27-18(33)13(7-9-36-2)26-17(32)12(4-3-8-24-20(22)23)25-16(31)11(21)5-6-14(29)30/h10-13,15,28H,3-9,21H2,1-2H3,(H,25,31)(H,26,32)(H,27,33)(H,29,30)(H,34,35)(H4,22,23,24). The van der Waals surface area contributed by atoms with E-state index in [-0.39, 0.29) is 44.6 Å². The SMILES string of the molecule is CSCCC(NC(=O)C(CCCN=C(N)N)NC(=O)C(N)CCC(=O)O)C(=O)NC(C(=O)O)C(C)O. The maximum Gasteiger partial charge on any atom is 0.328 e. The molecule has 0 aromatic rings. The third kappa shape index (κ3) is 13.7. The average Bonchev–Trinajstić information content (AvgIpc) is 2.79. The van der Waals surface area contributed by atoms with Crippen molar-refractivity contribution in [1.29, 1.82) is 0 Å². The van der Waals surface area contributed by atoms with Gasteiger partial charge in [0.15, 0.2) is 12.0 Å². The number of rotatable bonds is 18. The summed E-state index contributed by atoms with van der Waals surface area (Å²) in [6, 6.07) is -5.11. The van der Waals surface area contributed by atoms with Crippen LogP contribution in [0, 0.1) is 0 Å². The number of carboxylic acid groups (broad SMARTS) is 2. The number of hydrogen-bond donors (Lipinski definition) is 9. The van der Waals surface area contributed by atoms with Crippen LogP contribution in [0.3, 0.4) is 0 Å². The fourth-order valence-corrected chi connectivity index (χ4v) is 3.35. The zero-order valence-electron chi connectivity index (χ0n) is 20.3. The molecule has 0 aromatic heterocycles. The van der Waals surface area contributed by atoms with E-state index in [0.717, 1.165) is 0 Å². The molecular weight excluding hydrogens is 498 g/mol. The van der Waals surface area contributed by atoms with Crippen molar-refractivity contribution in [2.24, 2.45) is 22.2 Å². The van der Waals surface area contributed by atoms with Gasteiger partial charge in [0.25, 0.3) is 0 Å². The molecule has 0 rings (SSSR count). The first-order chi connectivity index (χ1) is 16.8. The summed E-state index contributed by atoms with van der Waals surface area (Å²) in [4.78, 5) is 64.1. The number of thioether (sulfide) groups is 1. The molecule has 0 aliphatic heterocycles. The molecule has 5 atom stereocenters. The summed E-state index contributed by atoms with van der Waals surface area (Å²) in [5.74, 6) is -4.64. The van der Waals surface area contributed by atoms with Gasteiger partial charge in [0.05, 0.1) is 12.1 Å².